The summed E-state index contributed by atoms with van der Waals surface area (Å²) in [5.74, 6) is 0.139. The summed E-state index contributed by atoms with van der Waals surface area (Å²) >= 11 is 0. The molecular formula is C15H30N2O. The molecule has 2 unspecified atom stereocenters. The van der Waals surface area contributed by atoms with E-state index >= 15 is 0 Å². The Bertz CT molecular complexity index is 263. The number of nitrogens with one attached hydrogen (secondary N) is 2. The molecule has 0 bridgehead atoms. The zero-order valence-electron chi connectivity index (χ0n) is 12.5. The van der Waals surface area contributed by atoms with Gasteiger partial charge in [0.05, 0.1) is 6.04 Å². The van der Waals surface area contributed by atoms with Crippen LogP contribution in [0.15, 0.2) is 0 Å². The maximum Gasteiger partial charge on any atom is 0.236 e. The summed E-state index contributed by atoms with van der Waals surface area (Å²) in [6.45, 7) is 9.54. The van der Waals surface area contributed by atoms with Crippen LogP contribution >= 0.6 is 0 Å². The molecule has 1 aliphatic carbocycles. The van der Waals surface area contributed by atoms with Crippen LogP contribution in [0.2, 0.25) is 0 Å². The van der Waals surface area contributed by atoms with E-state index < -0.39 is 0 Å². The Morgan fingerprint density at radius 3 is 2.72 bits per heavy atom. The van der Waals surface area contributed by atoms with Crippen LogP contribution in [0, 0.1) is 5.41 Å². The molecule has 2 N–H and O–H groups in total. The van der Waals surface area contributed by atoms with Crippen molar-refractivity contribution in [2.45, 2.75) is 78.3 Å². The first kappa shape index (κ1) is 15.5. The highest BCUT2D eigenvalue weighted by Crippen LogP contribution is 2.33. The molecule has 1 saturated carbocycles. The second-order valence-corrected chi connectivity index (χ2v) is 6.47. The molecule has 0 radical (unpaired) electrons. The lowest BCUT2D eigenvalue weighted by molar-refractivity contribution is -0.122. The van der Waals surface area contributed by atoms with Crippen LogP contribution in [-0.2, 0) is 4.79 Å². The molecule has 18 heavy (non-hydrogen) atoms. The maximum absolute atomic E-state index is 11.8. The van der Waals surface area contributed by atoms with E-state index in [1.54, 1.807) is 0 Å². The average molecular weight is 254 g/mol. The fourth-order valence-corrected chi connectivity index (χ4v) is 2.66. The van der Waals surface area contributed by atoms with Crippen molar-refractivity contribution in [2.24, 2.45) is 5.41 Å². The van der Waals surface area contributed by atoms with Crippen molar-refractivity contribution in [1.82, 2.24) is 10.6 Å². The van der Waals surface area contributed by atoms with Gasteiger partial charge in [0.15, 0.2) is 0 Å². The normalized spacial score (nSPS) is 25.2. The Morgan fingerprint density at radius 2 is 2.06 bits per heavy atom. The molecule has 2 atom stereocenters. The summed E-state index contributed by atoms with van der Waals surface area (Å²) < 4.78 is 0. The van der Waals surface area contributed by atoms with E-state index in [2.05, 4.69) is 31.4 Å². The maximum atomic E-state index is 11.8. The van der Waals surface area contributed by atoms with Gasteiger partial charge in [-0.05, 0) is 44.4 Å². The summed E-state index contributed by atoms with van der Waals surface area (Å²) in [5.41, 5.74) is 0.476. The van der Waals surface area contributed by atoms with Crippen molar-refractivity contribution in [2.75, 3.05) is 6.54 Å². The van der Waals surface area contributed by atoms with Gasteiger partial charge in [0.1, 0.15) is 0 Å². The van der Waals surface area contributed by atoms with E-state index in [9.17, 15) is 4.79 Å². The van der Waals surface area contributed by atoms with Crippen LogP contribution in [0.25, 0.3) is 0 Å². The fourth-order valence-electron chi connectivity index (χ4n) is 2.66. The minimum absolute atomic E-state index is 0.0669. The molecular weight excluding hydrogens is 224 g/mol. The molecule has 0 aromatic heterocycles. The largest absolute Gasteiger partial charge is 0.355 e. The highest BCUT2D eigenvalue weighted by Gasteiger charge is 2.25. The van der Waals surface area contributed by atoms with E-state index in [4.69, 9.17) is 0 Å². The lowest BCUT2D eigenvalue weighted by Crippen LogP contribution is -2.46. The van der Waals surface area contributed by atoms with Gasteiger partial charge in [0.2, 0.25) is 5.91 Å². The average Bonchev–Trinajstić information content (AvgIpc) is 2.48. The highest BCUT2D eigenvalue weighted by atomic mass is 16.2. The van der Waals surface area contributed by atoms with Crippen LogP contribution in [0.3, 0.4) is 0 Å². The van der Waals surface area contributed by atoms with E-state index in [-0.39, 0.29) is 11.9 Å². The van der Waals surface area contributed by atoms with E-state index in [0.29, 0.717) is 11.5 Å². The third-order valence-electron chi connectivity index (χ3n) is 4.00. The predicted molar refractivity (Wildman–Crippen MR) is 76.6 cm³/mol. The quantitative estimate of drug-likeness (QED) is 0.741. The number of rotatable bonds is 5. The van der Waals surface area contributed by atoms with Crippen LogP contribution in [-0.4, -0.2) is 24.5 Å². The smallest absolute Gasteiger partial charge is 0.236 e. The minimum atomic E-state index is -0.0669. The molecule has 1 fully saturated rings. The molecule has 3 heteroatoms. The van der Waals surface area contributed by atoms with Crippen molar-refractivity contribution in [3.05, 3.63) is 0 Å². The number of carbonyl (C=O) groups is 1. The first-order valence-corrected chi connectivity index (χ1v) is 7.48. The van der Waals surface area contributed by atoms with Crippen molar-refractivity contribution in [3.8, 4) is 0 Å². The van der Waals surface area contributed by atoms with Gasteiger partial charge in [-0.15, -0.1) is 0 Å². The summed E-state index contributed by atoms with van der Waals surface area (Å²) in [5, 5.41) is 6.45. The van der Waals surface area contributed by atoms with Gasteiger partial charge in [-0.2, -0.15) is 0 Å². The Balaban J connectivity index is 2.35. The zero-order valence-corrected chi connectivity index (χ0v) is 12.5. The fraction of sp³-hybridized carbons (Fsp3) is 0.933. The van der Waals surface area contributed by atoms with E-state index in [0.717, 1.165) is 13.0 Å². The van der Waals surface area contributed by atoms with E-state index in [1.807, 2.05) is 6.92 Å². The predicted octanol–water partition coefficient (Wildman–Crippen LogP) is 2.85. The molecule has 1 amide bonds. The van der Waals surface area contributed by atoms with Crippen LogP contribution in [0.5, 0.6) is 0 Å². The molecule has 106 valence electrons. The van der Waals surface area contributed by atoms with Gasteiger partial charge in [-0.25, -0.2) is 0 Å². The second-order valence-electron chi connectivity index (χ2n) is 6.47. The molecule has 0 aromatic rings. The molecule has 0 aliphatic heterocycles. The molecule has 0 spiro atoms. The minimum Gasteiger partial charge on any atom is -0.355 e. The molecule has 3 nitrogen and oxygen atoms in total. The summed E-state index contributed by atoms with van der Waals surface area (Å²) in [6, 6.07) is 0.442. The molecule has 1 aliphatic rings. The van der Waals surface area contributed by atoms with Gasteiger partial charge >= 0.3 is 0 Å². The van der Waals surface area contributed by atoms with Gasteiger partial charge < -0.3 is 10.6 Å². The van der Waals surface area contributed by atoms with Crippen LogP contribution in [0.1, 0.15) is 66.2 Å². The SMILES string of the molecule is CCCNC(=O)C(C)NC1CCCC(C)(C)CC1. The summed E-state index contributed by atoms with van der Waals surface area (Å²) in [4.78, 5) is 11.8. The topological polar surface area (TPSA) is 41.1 Å². The van der Waals surface area contributed by atoms with Gasteiger partial charge in [-0.1, -0.05) is 27.2 Å². The molecule has 0 aromatic carbocycles. The highest BCUT2D eigenvalue weighted by molar-refractivity contribution is 5.81. The summed E-state index contributed by atoms with van der Waals surface area (Å²) in [6.07, 6.45) is 7.23. The summed E-state index contributed by atoms with van der Waals surface area (Å²) in [7, 11) is 0. The van der Waals surface area contributed by atoms with E-state index in [1.165, 1.54) is 32.1 Å². The van der Waals surface area contributed by atoms with Crippen LogP contribution < -0.4 is 10.6 Å². The Kier molecular flexibility index (Phi) is 6.13. The second kappa shape index (κ2) is 7.13. The third kappa shape index (κ3) is 5.38. The standard InChI is InChI=1S/C15H30N2O/c1-5-11-16-14(18)12(2)17-13-7-6-9-15(3,4)10-8-13/h12-13,17H,5-11H2,1-4H3,(H,16,18). The molecule has 1 rings (SSSR count). The zero-order chi connectivity index (χ0) is 13.6. The van der Waals surface area contributed by atoms with Gasteiger partial charge in [0, 0.05) is 12.6 Å². The van der Waals surface area contributed by atoms with Gasteiger partial charge in [0.25, 0.3) is 0 Å². The first-order chi connectivity index (χ1) is 8.44. The van der Waals surface area contributed by atoms with Crippen molar-refractivity contribution < 1.29 is 4.79 Å². The number of carbonyl (C=O) groups excluding carboxylic acids is 1. The number of hydrogen-bond acceptors (Lipinski definition) is 2. The number of hydrogen-bond donors (Lipinski definition) is 2. The lowest BCUT2D eigenvalue weighted by Gasteiger charge is -2.23. The monoisotopic (exact) mass is 254 g/mol. The van der Waals surface area contributed by atoms with Crippen molar-refractivity contribution in [3.63, 3.8) is 0 Å². The Hall–Kier alpha value is -0.570. The Morgan fingerprint density at radius 1 is 1.33 bits per heavy atom. The third-order valence-corrected chi connectivity index (χ3v) is 4.00. The first-order valence-electron chi connectivity index (χ1n) is 7.48. The molecule has 0 heterocycles. The van der Waals surface area contributed by atoms with Crippen molar-refractivity contribution >= 4 is 5.91 Å². The lowest BCUT2D eigenvalue weighted by atomic mass is 9.85. The van der Waals surface area contributed by atoms with Gasteiger partial charge in [-0.3, -0.25) is 4.79 Å². The van der Waals surface area contributed by atoms with Crippen LogP contribution in [0.4, 0.5) is 0 Å². The number of amides is 1. The van der Waals surface area contributed by atoms with Crippen molar-refractivity contribution in [1.29, 1.82) is 0 Å². The Labute approximate surface area is 112 Å². The molecule has 0 saturated heterocycles.